The smallest absolute Gasteiger partial charge is 0.309 e. The lowest BCUT2D eigenvalue weighted by molar-refractivity contribution is -0.136. The minimum Gasteiger partial charge on any atom is -0.481 e. The molecule has 0 atom stereocenters. The van der Waals surface area contributed by atoms with Gasteiger partial charge in [0, 0.05) is 11.6 Å². The van der Waals surface area contributed by atoms with Crippen LogP contribution in [0.25, 0.3) is 0 Å². The van der Waals surface area contributed by atoms with Crippen molar-refractivity contribution in [2.45, 2.75) is 13.0 Å². The first-order chi connectivity index (χ1) is 10.1. The highest BCUT2D eigenvalue weighted by atomic mass is 19.1. The van der Waals surface area contributed by atoms with E-state index in [9.17, 15) is 9.18 Å². The van der Waals surface area contributed by atoms with Crippen molar-refractivity contribution >= 4 is 5.97 Å². The van der Waals surface area contributed by atoms with Crippen molar-refractivity contribution in [3.05, 3.63) is 59.0 Å². The molecule has 106 valence electrons. The lowest BCUT2D eigenvalue weighted by Crippen LogP contribution is -2.04. The number of nitrogens with zero attached hydrogens (tertiary/aromatic N) is 2. The van der Waals surface area contributed by atoms with E-state index in [1.165, 1.54) is 12.1 Å². The molecule has 6 heteroatoms. The zero-order valence-corrected chi connectivity index (χ0v) is 10.9. The van der Waals surface area contributed by atoms with Gasteiger partial charge >= 0.3 is 5.97 Å². The predicted molar refractivity (Wildman–Crippen MR) is 71.0 cm³/mol. The number of hydrogen-bond acceptors (Lipinski definition) is 4. The first-order valence-electron chi connectivity index (χ1n) is 6.07. The summed E-state index contributed by atoms with van der Waals surface area (Å²) in [6, 6.07) is 10.7. The Balaban J connectivity index is 2.06. The predicted octanol–water partition coefficient (Wildman–Crippen LogP) is 2.30. The number of aliphatic carboxylic acids is 1. The number of nitriles is 1. The van der Waals surface area contributed by atoms with Crippen molar-refractivity contribution in [3.63, 3.8) is 0 Å². The van der Waals surface area contributed by atoms with Crippen molar-refractivity contribution in [1.29, 1.82) is 5.26 Å². The maximum atomic E-state index is 13.7. The molecule has 0 bridgehead atoms. The van der Waals surface area contributed by atoms with Crippen molar-refractivity contribution in [1.82, 2.24) is 4.98 Å². The molecule has 0 saturated heterocycles. The van der Waals surface area contributed by atoms with Crippen LogP contribution in [0, 0.1) is 17.1 Å². The molecule has 0 aliphatic heterocycles. The summed E-state index contributed by atoms with van der Waals surface area (Å²) < 4.78 is 19.0. The van der Waals surface area contributed by atoms with Gasteiger partial charge in [0.1, 0.15) is 12.4 Å². The summed E-state index contributed by atoms with van der Waals surface area (Å²) in [6.45, 7) is -0.0545. The average molecular weight is 286 g/mol. The van der Waals surface area contributed by atoms with Gasteiger partial charge in [0.2, 0.25) is 5.88 Å². The van der Waals surface area contributed by atoms with Crippen molar-refractivity contribution < 1.29 is 19.0 Å². The zero-order chi connectivity index (χ0) is 15.2. The van der Waals surface area contributed by atoms with E-state index in [0.717, 1.165) is 6.07 Å². The Hall–Kier alpha value is -2.94. The van der Waals surface area contributed by atoms with E-state index in [0.29, 0.717) is 11.3 Å². The maximum Gasteiger partial charge on any atom is 0.309 e. The number of ether oxygens (including phenoxy) is 1. The molecule has 0 aliphatic rings. The third-order valence-corrected chi connectivity index (χ3v) is 2.67. The molecule has 2 aromatic rings. The lowest BCUT2D eigenvalue weighted by atomic mass is 10.1. The quantitative estimate of drug-likeness (QED) is 0.911. The zero-order valence-electron chi connectivity index (χ0n) is 10.9. The van der Waals surface area contributed by atoms with Crippen LogP contribution in [0.1, 0.15) is 16.8 Å². The highest BCUT2D eigenvalue weighted by molar-refractivity contribution is 5.69. The minimum absolute atomic E-state index is 0.0545. The number of halogens is 1. The van der Waals surface area contributed by atoms with Crippen molar-refractivity contribution in [2.75, 3.05) is 0 Å². The van der Waals surface area contributed by atoms with Gasteiger partial charge in [-0.1, -0.05) is 12.1 Å². The van der Waals surface area contributed by atoms with Crippen LogP contribution >= 0.6 is 0 Å². The Morgan fingerprint density at radius 2 is 2.19 bits per heavy atom. The first kappa shape index (κ1) is 14.5. The van der Waals surface area contributed by atoms with Crippen molar-refractivity contribution in [2.24, 2.45) is 0 Å². The van der Waals surface area contributed by atoms with Gasteiger partial charge in [-0.2, -0.15) is 5.26 Å². The highest BCUT2D eigenvalue weighted by Crippen LogP contribution is 2.14. The van der Waals surface area contributed by atoms with E-state index >= 15 is 0 Å². The van der Waals surface area contributed by atoms with Crippen LogP contribution in [0.5, 0.6) is 5.88 Å². The second kappa shape index (κ2) is 6.48. The van der Waals surface area contributed by atoms with Gasteiger partial charge in [0.25, 0.3) is 0 Å². The highest BCUT2D eigenvalue weighted by Gasteiger charge is 2.07. The van der Waals surface area contributed by atoms with Crippen LogP contribution in [0.15, 0.2) is 36.4 Å². The van der Waals surface area contributed by atoms with Crippen LogP contribution < -0.4 is 4.74 Å². The monoisotopic (exact) mass is 286 g/mol. The number of benzene rings is 1. The van der Waals surface area contributed by atoms with Crippen molar-refractivity contribution in [3.8, 4) is 11.9 Å². The van der Waals surface area contributed by atoms with Crippen LogP contribution in [0.4, 0.5) is 4.39 Å². The van der Waals surface area contributed by atoms with Gasteiger partial charge in [-0.15, -0.1) is 0 Å². The molecule has 0 aliphatic carbocycles. The Labute approximate surface area is 120 Å². The summed E-state index contributed by atoms with van der Waals surface area (Å²) in [5.41, 5.74) is 0.887. The number of carbonyl (C=O) groups is 1. The summed E-state index contributed by atoms with van der Waals surface area (Å²) in [7, 11) is 0. The Kier molecular flexibility index (Phi) is 4.46. The molecule has 0 fully saturated rings. The Bertz CT molecular complexity index is 710. The van der Waals surface area contributed by atoms with Crippen LogP contribution in [0.3, 0.4) is 0 Å². The summed E-state index contributed by atoms with van der Waals surface area (Å²) in [4.78, 5) is 14.6. The average Bonchev–Trinajstić information content (AvgIpc) is 2.45. The molecule has 0 amide bonds. The molecular weight excluding hydrogens is 275 g/mol. The normalized spacial score (nSPS) is 9.90. The number of hydrogen-bond donors (Lipinski definition) is 1. The fourth-order valence-electron chi connectivity index (χ4n) is 1.68. The molecule has 5 nitrogen and oxygen atoms in total. The molecule has 1 N–H and O–H groups in total. The fourth-order valence-corrected chi connectivity index (χ4v) is 1.68. The van der Waals surface area contributed by atoms with E-state index in [1.54, 1.807) is 18.2 Å². The molecular formula is C15H11FN2O3. The Morgan fingerprint density at radius 3 is 2.86 bits per heavy atom. The SMILES string of the molecule is N#Cc1ccc(COc2cccc(CC(=O)O)n2)c(F)c1. The van der Waals surface area contributed by atoms with E-state index in [-0.39, 0.29) is 24.5 Å². The first-order valence-corrected chi connectivity index (χ1v) is 6.07. The summed E-state index contributed by atoms with van der Waals surface area (Å²) in [5, 5.41) is 17.4. The van der Waals surface area contributed by atoms with Gasteiger partial charge in [-0.25, -0.2) is 9.37 Å². The molecule has 0 radical (unpaired) electrons. The topological polar surface area (TPSA) is 83.2 Å². The number of aromatic nitrogens is 1. The molecule has 2 rings (SSSR count). The Morgan fingerprint density at radius 1 is 1.38 bits per heavy atom. The largest absolute Gasteiger partial charge is 0.481 e. The van der Waals surface area contributed by atoms with Gasteiger partial charge in [0.15, 0.2) is 0 Å². The molecule has 0 unspecified atom stereocenters. The van der Waals surface area contributed by atoms with E-state index in [2.05, 4.69) is 4.98 Å². The lowest BCUT2D eigenvalue weighted by Gasteiger charge is -2.07. The van der Waals surface area contributed by atoms with Crippen LogP contribution in [0.2, 0.25) is 0 Å². The molecule has 0 saturated carbocycles. The third-order valence-electron chi connectivity index (χ3n) is 2.67. The second-order valence-electron chi connectivity index (χ2n) is 4.24. The standard InChI is InChI=1S/C15H11FN2O3/c16-13-6-10(8-17)4-5-11(13)9-21-14-3-1-2-12(18-14)7-15(19)20/h1-6H,7,9H2,(H,19,20). The van der Waals surface area contributed by atoms with Crippen LogP contribution in [-0.4, -0.2) is 16.1 Å². The van der Waals surface area contributed by atoms with Gasteiger partial charge in [-0.05, 0) is 18.2 Å². The number of pyridine rings is 1. The van der Waals surface area contributed by atoms with Gasteiger partial charge in [0.05, 0.1) is 23.7 Å². The molecule has 21 heavy (non-hydrogen) atoms. The third kappa shape index (κ3) is 4.01. The van der Waals surface area contributed by atoms with Gasteiger partial charge < -0.3 is 9.84 Å². The second-order valence-corrected chi connectivity index (χ2v) is 4.24. The van der Waals surface area contributed by atoms with E-state index < -0.39 is 11.8 Å². The summed E-state index contributed by atoms with van der Waals surface area (Å²) in [5.74, 6) is -1.30. The minimum atomic E-state index is -0.988. The fraction of sp³-hybridized carbons (Fsp3) is 0.133. The number of carboxylic acid groups (broad SMARTS) is 1. The van der Waals surface area contributed by atoms with E-state index in [1.807, 2.05) is 6.07 Å². The summed E-state index contributed by atoms with van der Waals surface area (Å²) in [6.07, 6.45) is -0.206. The molecule has 1 aromatic carbocycles. The number of carboxylic acids is 1. The van der Waals surface area contributed by atoms with Crippen LogP contribution in [-0.2, 0) is 17.8 Å². The molecule has 1 heterocycles. The number of rotatable bonds is 5. The van der Waals surface area contributed by atoms with E-state index in [4.69, 9.17) is 15.1 Å². The maximum absolute atomic E-state index is 13.7. The summed E-state index contributed by atoms with van der Waals surface area (Å²) >= 11 is 0. The van der Waals surface area contributed by atoms with Gasteiger partial charge in [-0.3, -0.25) is 4.79 Å². The molecule has 0 spiro atoms. The molecule has 1 aromatic heterocycles.